The van der Waals surface area contributed by atoms with E-state index in [4.69, 9.17) is 0 Å². The Morgan fingerprint density at radius 1 is 1.50 bits per heavy atom. The van der Waals surface area contributed by atoms with Gasteiger partial charge in [0, 0.05) is 12.1 Å². The van der Waals surface area contributed by atoms with Crippen molar-refractivity contribution in [2.45, 2.75) is 6.10 Å². The number of hydrogen-bond donors (Lipinski definition) is 2. The Kier molecular flexibility index (Phi) is 3.19. The van der Waals surface area contributed by atoms with Gasteiger partial charge in [-0.2, -0.15) is 0 Å². The zero-order valence-electron chi connectivity index (χ0n) is 6.92. The van der Waals surface area contributed by atoms with Crippen molar-refractivity contribution in [2.24, 2.45) is 0 Å². The summed E-state index contributed by atoms with van der Waals surface area (Å²) in [4.78, 5) is 0. The predicted octanol–water partition coefficient (Wildman–Crippen LogP) is 1.08. The molecule has 0 amide bonds. The number of aliphatic hydroxyl groups is 1. The largest absolute Gasteiger partial charge is 0.387 e. The van der Waals surface area contributed by atoms with Crippen LogP contribution in [0.5, 0.6) is 0 Å². The van der Waals surface area contributed by atoms with Crippen molar-refractivity contribution in [3.05, 3.63) is 35.6 Å². The van der Waals surface area contributed by atoms with Crippen LogP contribution in [0, 0.1) is 5.82 Å². The number of halogens is 1. The summed E-state index contributed by atoms with van der Waals surface area (Å²) in [7, 11) is 1.71. The predicted molar refractivity (Wildman–Crippen MR) is 45.3 cm³/mol. The minimum Gasteiger partial charge on any atom is -0.387 e. The molecule has 66 valence electrons. The Hall–Kier alpha value is -0.930. The Labute approximate surface area is 71.0 Å². The molecule has 1 aromatic carbocycles. The number of aliphatic hydroxyl groups excluding tert-OH is 1. The highest BCUT2D eigenvalue weighted by Crippen LogP contribution is 2.15. The van der Waals surface area contributed by atoms with Crippen LogP contribution in [0.3, 0.4) is 0 Å². The van der Waals surface area contributed by atoms with Crippen molar-refractivity contribution in [1.29, 1.82) is 0 Å². The molecule has 12 heavy (non-hydrogen) atoms. The van der Waals surface area contributed by atoms with E-state index in [9.17, 15) is 9.50 Å². The van der Waals surface area contributed by atoms with Crippen molar-refractivity contribution in [2.75, 3.05) is 13.6 Å². The van der Waals surface area contributed by atoms with E-state index in [2.05, 4.69) is 5.32 Å². The minimum absolute atomic E-state index is 0.340. The first-order valence-electron chi connectivity index (χ1n) is 3.83. The average Bonchev–Trinajstić information content (AvgIpc) is 2.05. The number of hydrogen-bond acceptors (Lipinski definition) is 2. The highest BCUT2D eigenvalue weighted by Gasteiger charge is 2.09. The van der Waals surface area contributed by atoms with Crippen LogP contribution in [0.1, 0.15) is 11.7 Å². The van der Waals surface area contributed by atoms with Crippen LogP contribution in [-0.2, 0) is 0 Å². The molecule has 0 spiro atoms. The molecule has 0 bridgehead atoms. The van der Waals surface area contributed by atoms with Crippen LogP contribution in [-0.4, -0.2) is 18.7 Å². The fourth-order valence-electron chi connectivity index (χ4n) is 1.05. The third kappa shape index (κ3) is 2.03. The zero-order valence-corrected chi connectivity index (χ0v) is 6.92. The highest BCUT2D eigenvalue weighted by atomic mass is 19.1. The summed E-state index contributed by atoms with van der Waals surface area (Å²) in [5.41, 5.74) is 0.340. The van der Waals surface area contributed by atoms with Crippen LogP contribution < -0.4 is 5.32 Å². The van der Waals surface area contributed by atoms with Crippen LogP contribution in [0.25, 0.3) is 0 Å². The fourth-order valence-corrected chi connectivity index (χ4v) is 1.05. The molecule has 1 unspecified atom stereocenters. The van der Waals surface area contributed by atoms with E-state index < -0.39 is 6.10 Å². The second-order valence-electron chi connectivity index (χ2n) is 2.59. The van der Waals surface area contributed by atoms with Crippen molar-refractivity contribution < 1.29 is 9.50 Å². The summed E-state index contributed by atoms with van der Waals surface area (Å²) < 4.78 is 13.0. The van der Waals surface area contributed by atoms with Gasteiger partial charge in [0.25, 0.3) is 0 Å². The lowest BCUT2D eigenvalue weighted by atomic mass is 10.1. The minimum atomic E-state index is -0.767. The van der Waals surface area contributed by atoms with Crippen LogP contribution in [0.2, 0.25) is 0 Å². The smallest absolute Gasteiger partial charge is 0.129 e. The molecule has 2 N–H and O–H groups in total. The first-order valence-corrected chi connectivity index (χ1v) is 3.83. The first-order chi connectivity index (χ1) is 5.75. The topological polar surface area (TPSA) is 32.3 Å². The van der Waals surface area contributed by atoms with Gasteiger partial charge in [-0.25, -0.2) is 4.39 Å². The van der Waals surface area contributed by atoms with E-state index in [0.29, 0.717) is 12.1 Å². The molecule has 0 saturated heterocycles. The second-order valence-corrected chi connectivity index (χ2v) is 2.59. The summed E-state index contributed by atoms with van der Waals surface area (Å²) in [6.45, 7) is 0.362. The molecule has 0 aliphatic heterocycles. The van der Waals surface area contributed by atoms with E-state index in [0.717, 1.165) is 0 Å². The highest BCUT2D eigenvalue weighted by molar-refractivity contribution is 5.19. The molecular formula is C9H12FNO. The van der Waals surface area contributed by atoms with E-state index in [1.807, 2.05) is 0 Å². The SMILES string of the molecule is CNCC(O)c1ccccc1F. The molecule has 3 heteroatoms. The number of rotatable bonds is 3. The molecule has 0 saturated carbocycles. The summed E-state index contributed by atoms with van der Waals surface area (Å²) in [6, 6.07) is 6.23. The maximum absolute atomic E-state index is 13.0. The number of benzene rings is 1. The van der Waals surface area contributed by atoms with Gasteiger partial charge in [0.1, 0.15) is 5.82 Å². The maximum Gasteiger partial charge on any atom is 0.129 e. The van der Waals surface area contributed by atoms with Gasteiger partial charge in [-0.1, -0.05) is 18.2 Å². The maximum atomic E-state index is 13.0. The monoisotopic (exact) mass is 169 g/mol. The van der Waals surface area contributed by atoms with E-state index in [1.165, 1.54) is 6.07 Å². The summed E-state index contributed by atoms with van der Waals surface area (Å²) >= 11 is 0. The van der Waals surface area contributed by atoms with Gasteiger partial charge in [0.15, 0.2) is 0 Å². The lowest BCUT2D eigenvalue weighted by Gasteiger charge is -2.10. The third-order valence-electron chi connectivity index (χ3n) is 1.66. The van der Waals surface area contributed by atoms with Gasteiger partial charge in [-0.05, 0) is 13.1 Å². The average molecular weight is 169 g/mol. The van der Waals surface area contributed by atoms with Gasteiger partial charge in [0.05, 0.1) is 6.10 Å². The molecule has 0 heterocycles. The summed E-state index contributed by atoms with van der Waals surface area (Å²) in [5.74, 6) is -0.361. The summed E-state index contributed by atoms with van der Waals surface area (Å²) in [6.07, 6.45) is -0.767. The van der Waals surface area contributed by atoms with Crippen LogP contribution in [0.4, 0.5) is 4.39 Å². The normalized spacial score (nSPS) is 12.9. The Balaban J connectivity index is 2.79. The lowest BCUT2D eigenvalue weighted by molar-refractivity contribution is 0.173. The molecule has 2 nitrogen and oxygen atoms in total. The first kappa shape index (κ1) is 9.16. The van der Waals surface area contributed by atoms with E-state index in [1.54, 1.807) is 25.2 Å². The molecule has 0 radical (unpaired) electrons. The van der Waals surface area contributed by atoms with Gasteiger partial charge in [-0.3, -0.25) is 0 Å². The molecule has 1 atom stereocenters. The Bertz CT molecular complexity index is 252. The molecular weight excluding hydrogens is 157 g/mol. The Morgan fingerprint density at radius 2 is 2.17 bits per heavy atom. The quantitative estimate of drug-likeness (QED) is 0.709. The number of likely N-dealkylation sites (N-methyl/N-ethyl adjacent to an activating group) is 1. The molecule has 1 rings (SSSR count). The summed E-state index contributed by atoms with van der Waals surface area (Å²) in [5, 5.41) is 12.2. The second kappa shape index (κ2) is 4.18. The van der Waals surface area contributed by atoms with E-state index >= 15 is 0 Å². The van der Waals surface area contributed by atoms with Crippen LogP contribution in [0.15, 0.2) is 24.3 Å². The number of nitrogens with one attached hydrogen (secondary N) is 1. The molecule has 0 aliphatic carbocycles. The van der Waals surface area contributed by atoms with Gasteiger partial charge < -0.3 is 10.4 Å². The Morgan fingerprint density at radius 3 is 2.75 bits per heavy atom. The van der Waals surface area contributed by atoms with Gasteiger partial charge in [0.2, 0.25) is 0 Å². The van der Waals surface area contributed by atoms with Crippen molar-refractivity contribution in [3.63, 3.8) is 0 Å². The molecule has 0 fully saturated rings. The standard InChI is InChI=1S/C9H12FNO/c1-11-6-9(12)7-4-2-3-5-8(7)10/h2-5,9,11-12H,6H2,1H3. The molecule has 1 aromatic rings. The van der Waals surface area contributed by atoms with Crippen molar-refractivity contribution in [3.8, 4) is 0 Å². The van der Waals surface area contributed by atoms with E-state index in [-0.39, 0.29) is 5.82 Å². The fraction of sp³-hybridized carbons (Fsp3) is 0.333. The molecule has 0 aromatic heterocycles. The third-order valence-corrected chi connectivity index (χ3v) is 1.66. The van der Waals surface area contributed by atoms with Crippen molar-refractivity contribution in [1.82, 2.24) is 5.32 Å². The van der Waals surface area contributed by atoms with Gasteiger partial charge in [-0.15, -0.1) is 0 Å². The van der Waals surface area contributed by atoms with Crippen LogP contribution >= 0.6 is 0 Å². The lowest BCUT2D eigenvalue weighted by Crippen LogP contribution is -2.17. The van der Waals surface area contributed by atoms with Gasteiger partial charge >= 0.3 is 0 Å². The zero-order chi connectivity index (χ0) is 8.97. The molecule has 0 aliphatic rings. The van der Waals surface area contributed by atoms with Crippen molar-refractivity contribution >= 4 is 0 Å².